The molecule has 9 heteroatoms. The zero-order chi connectivity index (χ0) is 18.6. The molecule has 0 aromatic heterocycles. The highest BCUT2D eigenvalue weighted by Gasteiger charge is 2.18. The lowest BCUT2D eigenvalue weighted by molar-refractivity contribution is 0.0126. The molecule has 138 valence electrons. The number of ether oxygens (including phenoxy) is 1. The predicted octanol–water partition coefficient (Wildman–Crippen LogP) is 2.23. The van der Waals surface area contributed by atoms with Crippen molar-refractivity contribution < 1.29 is 17.9 Å². The Kier molecular flexibility index (Phi) is 5.92. The summed E-state index contributed by atoms with van der Waals surface area (Å²) in [5.74, 6) is -0.354. The molecule has 3 rings (SSSR count). The second-order valence-electron chi connectivity index (χ2n) is 5.68. The van der Waals surface area contributed by atoms with Gasteiger partial charge in [0.05, 0.1) is 18.1 Å². The van der Waals surface area contributed by atoms with Gasteiger partial charge >= 0.3 is 0 Å². The molecular formula is C17H18BrN3O4S. The summed E-state index contributed by atoms with van der Waals surface area (Å²) in [6.45, 7) is 2.28. The number of halogens is 1. The summed E-state index contributed by atoms with van der Waals surface area (Å²) in [6.07, 6.45) is 0. The van der Waals surface area contributed by atoms with Gasteiger partial charge in [0.15, 0.2) is 0 Å². The fourth-order valence-corrected chi connectivity index (χ4v) is 3.79. The Labute approximate surface area is 160 Å². The monoisotopic (exact) mass is 439 g/mol. The van der Waals surface area contributed by atoms with Crippen LogP contribution in [0.25, 0.3) is 0 Å². The molecule has 0 spiro atoms. The zero-order valence-electron chi connectivity index (χ0n) is 13.8. The number of hydrogen-bond acceptors (Lipinski definition) is 5. The smallest absolute Gasteiger partial charge is 0.265 e. The summed E-state index contributed by atoms with van der Waals surface area (Å²) < 4.78 is 33.7. The summed E-state index contributed by atoms with van der Waals surface area (Å²) in [7, 11) is -3.79. The Balaban J connectivity index is 1.74. The van der Waals surface area contributed by atoms with Crippen molar-refractivity contribution in [3.8, 4) is 0 Å². The summed E-state index contributed by atoms with van der Waals surface area (Å²) in [5, 5.41) is 1.76. The van der Waals surface area contributed by atoms with E-state index in [9.17, 15) is 13.2 Å². The van der Waals surface area contributed by atoms with Crippen LogP contribution in [0.3, 0.4) is 0 Å². The molecule has 0 bridgehead atoms. The van der Waals surface area contributed by atoms with E-state index in [1.807, 2.05) is 0 Å². The Morgan fingerprint density at radius 1 is 1.08 bits per heavy atom. The fourth-order valence-electron chi connectivity index (χ4n) is 2.42. The standard InChI is InChI=1S/C17H18BrN3O4S/c18-14-4-6-15(7-5-14)20-26(23,24)16-3-1-2-13(12-16)17(22)19-21-8-10-25-11-9-21/h1-7,12,20H,8-11H2,(H,19,22). The maximum atomic E-state index is 12.6. The van der Waals surface area contributed by atoms with Gasteiger partial charge in [-0.25, -0.2) is 13.4 Å². The van der Waals surface area contributed by atoms with E-state index in [1.165, 1.54) is 12.1 Å². The molecule has 1 amide bonds. The average molecular weight is 440 g/mol. The van der Waals surface area contributed by atoms with Gasteiger partial charge in [-0.3, -0.25) is 14.9 Å². The van der Waals surface area contributed by atoms with Gasteiger partial charge in [0, 0.05) is 28.8 Å². The van der Waals surface area contributed by atoms with Crippen molar-refractivity contribution in [2.24, 2.45) is 0 Å². The zero-order valence-corrected chi connectivity index (χ0v) is 16.2. The van der Waals surface area contributed by atoms with E-state index >= 15 is 0 Å². The van der Waals surface area contributed by atoms with Crippen molar-refractivity contribution in [2.75, 3.05) is 31.0 Å². The molecular weight excluding hydrogens is 422 g/mol. The second kappa shape index (κ2) is 8.17. The lowest BCUT2D eigenvalue weighted by Crippen LogP contribution is -2.48. The van der Waals surface area contributed by atoms with Gasteiger partial charge in [-0.15, -0.1) is 0 Å². The van der Waals surface area contributed by atoms with Crippen LogP contribution in [0.5, 0.6) is 0 Å². The third-order valence-electron chi connectivity index (χ3n) is 3.77. The molecule has 0 aliphatic carbocycles. The number of carbonyl (C=O) groups excluding carboxylic acids is 1. The van der Waals surface area contributed by atoms with E-state index in [0.29, 0.717) is 32.0 Å². The van der Waals surface area contributed by atoms with Crippen LogP contribution in [0.15, 0.2) is 57.9 Å². The number of amides is 1. The molecule has 7 nitrogen and oxygen atoms in total. The third-order valence-corrected chi connectivity index (χ3v) is 5.68. The van der Waals surface area contributed by atoms with Crippen LogP contribution in [0.1, 0.15) is 10.4 Å². The Morgan fingerprint density at radius 3 is 2.46 bits per heavy atom. The van der Waals surface area contributed by atoms with Gasteiger partial charge in [-0.1, -0.05) is 22.0 Å². The van der Waals surface area contributed by atoms with E-state index in [2.05, 4.69) is 26.1 Å². The number of carbonyl (C=O) groups is 1. The maximum absolute atomic E-state index is 12.6. The molecule has 0 unspecified atom stereocenters. The molecule has 1 saturated heterocycles. The summed E-state index contributed by atoms with van der Waals surface area (Å²) >= 11 is 3.30. The van der Waals surface area contributed by atoms with Crippen LogP contribution < -0.4 is 10.1 Å². The minimum atomic E-state index is -3.79. The van der Waals surface area contributed by atoms with E-state index < -0.39 is 10.0 Å². The van der Waals surface area contributed by atoms with Gasteiger partial charge in [0.2, 0.25) is 0 Å². The topological polar surface area (TPSA) is 87.7 Å². The Morgan fingerprint density at radius 2 is 1.77 bits per heavy atom. The normalized spacial score (nSPS) is 15.4. The van der Waals surface area contributed by atoms with E-state index in [-0.39, 0.29) is 16.4 Å². The highest BCUT2D eigenvalue weighted by molar-refractivity contribution is 9.10. The van der Waals surface area contributed by atoms with Crippen LogP contribution in [-0.2, 0) is 14.8 Å². The first-order valence-electron chi connectivity index (χ1n) is 7.96. The quantitative estimate of drug-likeness (QED) is 0.745. The number of nitrogens with zero attached hydrogens (tertiary/aromatic N) is 1. The highest BCUT2D eigenvalue weighted by Crippen LogP contribution is 2.19. The molecule has 0 radical (unpaired) electrons. The van der Waals surface area contributed by atoms with Crippen molar-refractivity contribution in [2.45, 2.75) is 4.90 Å². The summed E-state index contributed by atoms with van der Waals surface area (Å²) in [4.78, 5) is 12.4. The Bertz CT molecular complexity index is 881. The summed E-state index contributed by atoms with van der Waals surface area (Å²) in [5.41, 5.74) is 3.48. The van der Waals surface area contributed by atoms with E-state index in [4.69, 9.17) is 4.74 Å². The molecule has 2 aromatic rings. The van der Waals surface area contributed by atoms with Gasteiger partial charge in [-0.05, 0) is 42.5 Å². The number of anilines is 1. The van der Waals surface area contributed by atoms with Crippen LogP contribution in [0.2, 0.25) is 0 Å². The van der Waals surface area contributed by atoms with Crippen LogP contribution in [-0.4, -0.2) is 45.6 Å². The first-order valence-corrected chi connectivity index (χ1v) is 10.2. The minimum Gasteiger partial charge on any atom is -0.379 e. The number of rotatable bonds is 5. The van der Waals surface area contributed by atoms with Gasteiger partial charge in [-0.2, -0.15) is 0 Å². The van der Waals surface area contributed by atoms with Gasteiger partial charge in [0.1, 0.15) is 0 Å². The number of morpholine rings is 1. The molecule has 1 aliphatic heterocycles. The highest BCUT2D eigenvalue weighted by atomic mass is 79.9. The lowest BCUT2D eigenvalue weighted by atomic mass is 10.2. The van der Waals surface area contributed by atoms with Crippen molar-refractivity contribution in [1.82, 2.24) is 10.4 Å². The number of benzene rings is 2. The molecule has 0 saturated carbocycles. The van der Waals surface area contributed by atoms with Gasteiger partial charge < -0.3 is 4.74 Å². The first kappa shape index (κ1) is 18.8. The van der Waals surface area contributed by atoms with Gasteiger partial charge in [0.25, 0.3) is 15.9 Å². The van der Waals surface area contributed by atoms with Crippen LogP contribution >= 0.6 is 15.9 Å². The molecule has 1 fully saturated rings. The lowest BCUT2D eigenvalue weighted by Gasteiger charge is -2.26. The second-order valence-corrected chi connectivity index (χ2v) is 8.28. The summed E-state index contributed by atoms with van der Waals surface area (Å²) in [6, 6.07) is 12.7. The SMILES string of the molecule is O=C(NN1CCOCC1)c1cccc(S(=O)(=O)Nc2ccc(Br)cc2)c1. The number of hydrogen-bond donors (Lipinski definition) is 2. The predicted molar refractivity (Wildman–Crippen MR) is 101 cm³/mol. The third kappa shape index (κ3) is 4.82. The minimum absolute atomic E-state index is 0.0232. The van der Waals surface area contributed by atoms with E-state index in [1.54, 1.807) is 41.4 Å². The molecule has 2 aromatic carbocycles. The van der Waals surface area contributed by atoms with Crippen molar-refractivity contribution in [3.63, 3.8) is 0 Å². The molecule has 1 aliphatic rings. The number of sulfonamides is 1. The molecule has 0 atom stereocenters. The van der Waals surface area contributed by atoms with Crippen molar-refractivity contribution in [1.29, 1.82) is 0 Å². The molecule has 1 heterocycles. The molecule has 26 heavy (non-hydrogen) atoms. The molecule has 2 N–H and O–H groups in total. The van der Waals surface area contributed by atoms with Crippen LogP contribution in [0.4, 0.5) is 5.69 Å². The number of hydrazine groups is 1. The van der Waals surface area contributed by atoms with Crippen molar-refractivity contribution >= 4 is 37.5 Å². The first-order chi connectivity index (χ1) is 12.4. The van der Waals surface area contributed by atoms with Crippen LogP contribution in [0, 0.1) is 0 Å². The van der Waals surface area contributed by atoms with E-state index in [0.717, 1.165) is 4.47 Å². The number of nitrogens with one attached hydrogen (secondary N) is 2. The largest absolute Gasteiger partial charge is 0.379 e. The maximum Gasteiger partial charge on any atom is 0.265 e. The van der Waals surface area contributed by atoms with Crippen molar-refractivity contribution in [3.05, 3.63) is 58.6 Å². The fraction of sp³-hybridized carbons (Fsp3) is 0.235. The Hall–Kier alpha value is -1.94. The average Bonchev–Trinajstić information content (AvgIpc) is 2.64.